The Bertz CT molecular complexity index is 835. The van der Waals surface area contributed by atoms with Crippen LogP contribution < -0.4 is 16.0 Å². The lowest BCUT2D eigenvalue weighted by atomic mass is 10.2. The third-order valence-corrected chi connectivity index (χ3v) is 4.84. The van der Waals surface area contributed by atoms with Crippen LogP contribution in [0.3, 0.4) is 0 Å². The molecule has 0 aliphatic carbocycles. The molecule has 1 fully saturated rings. The first kappa shape index (κ1) is 19.9. The predicted octanol–water partition coefficient (Wildman–Crippen LogP) is 2.35. The molecule has 0 bridgehead atoms. The van der Waals surface area contributed by atoms with Crippen LogP contribution >= 0.6 is 11.6 Å². The summed E-state index contributed by atoms with van der Waals surface area (Å²) in [4.78, 5) is 20.6. The Morgan fingerprint density at radius 1 is 1.11 bits per heavy atom. The molecule has 1 aliphatic rings. The molecule has 1 amide bonds. The fraction of sp³-hybridized carbons (Fsp3) is 0.300. The first-order valence-electron chi connectivity index (χ1n) is 9.12. The number of carbonyl (C=O) groups is 1. The Labute approximate surface area is 168 Å². The third kappa shape index (κ3) is 5.13. The molecule has 6 nitrogen and oxygen atoms in total. The summed E-state index contributed by atoms with van der Waals surface area (Å²) < 4.78 is 13.6. The van der Waals surface area contributed by atoms with E-state index in [1.165, 1.54) is 12.1 Å². The maximum absolute atomic E-state index is 13.6. The van der Waals surface area contributed by atoms with E-state index in [-0.39, 0.29) is 5.56 Å². The summed E-state index contributed by atoms with van der Waals surface area (Å²) in [6.07, 6.45) is 0. The number of aliphatic imine (C=N–C) groups is 1. The summed E-state index contributed by atoms with van der Waals surface area (Å²) in [6, 6.07) is 13.7. The van der Waals surface area contributed by atoms with Crippen molar-refractivity contribution in [2.75, 3.05) is 44.2 Å². The molecule has 1 heterocycles. The molecule has 0 spiro atoms. The van der Waals surface area contributed by atoms with Crippen LogP contribution in [0.4, 0.5) is 10.1 Å². The molecular formula is C20H23ClFN5O. The molecule has 1 aliphatic heterocycles. The van der Waals surface area contributed by atoms with E-state index in [4.69, 9.17) is 17.3 Å². The van der Waals surface area contributed by atoms with Crippen LogP contribution in [0.5, 0.6) is 0 Å². The van der Waals surface area contributed by atoms with Crippen molar-refractivity contribution in [3.8, 4) is 0 Å². The molecule has 0 unspecified atom stereocenters. The third-order valence-electron chi connectivity index (χ3n) is 4.59. The van der Waals surface area contributed by atoms with Gasteiger partial charge in [0.15, 0.2) is 5.96 Å². The minimum atomic E-state index is -0.540. The summed E-state index contributed by atoms with van der Waals surface area (Å²) in [5.74, 6) is -0.541. The minimum absolute atomic E-state index is 0.0257. The van der Waals surface area contributed by atoms with E-state index in [9.17, 15) is 9.18 Å². The predicted molar refractivity (Wildman–Crippen MR) is 110 cm³/mol. The average Bonchev–Trinajstić information content (AvgIpc) is 2.72. The quantitative estimate of drug-likeness (QED) is 0.456. The van der Waals surface area contributed by atoms with Gasteiger partial charge in [-0.05, 0) is 36.4 Å². The van der Waals surface area contributed by atoms with E-state index in [0.29, 0.717) is 19.0 Å². The molecule has 0 atom stereocenters. The van der Waals surface area contributed by atoms with Crippen molar-refractivity contribution >= 4 is 29.2 Å². The van der Waals surface area contributed by atoms with Gasteiger partial charge < -0.3 is 20.9 Å². The number of amides is 1. The average molecular weight is 404 g/mol. The SMILES string of the molecule is NC(=NCCNC(=O)c1ccccc1F)N1CCN(c2ccc(Cl)cc2)CC1. The molecule has 1 saturated heterocycles. The molecule has 28 heavy (non-hydrogen) atoms. The van der Waals surface area contributed by atoms with Gasteiger partial charge in [0, 0.05) is 43.4 Å². The van der Waals surface area contributed by atoms with Crippen LogP contribution in [0.15, 0.2) is 53.5 Å². The van der Waals surface area contributed by atoms with Gasteiger partial charge in [0.2, 0.25) is 0 Å². The molecule has 0 radical (unpaired) electrons. The number of hydrogen-bond acceptors (Lipinski definition) is 3. The van der Waals surface area contributed by atoms with Gasteiger partial charge in [-0.15, -0.1) is 0 Å². The Morgan fingerprint density at radius 2 is 1.79 bits per heavy atom. The number of hydrogen-bond donors (Lipinski definition) is 2. The van der Waals surface area contributed by atoms with Crippen molar-refractivity contribution in [1.82, 2.24) is 10.2 Å². The first-order chi connectivity index (χ1) is 13.5. The van der Waals surface area contributed by atoms with Crippen LogP contribution in [0.25, 0.3) is 0 Å². The van der Waals surface area contributed by atoms with Crippen molar-refractivity contribution in [1.29, 1.82) is 0 Å². The van der Waals surface area contributed by atoms with Gasteiger partial charge >= 0.3 is 0 Å². The normalized spacial score (nSPS) is 14.9. The summed E-state index contributed by atoms with van der Waals surface area (Å²) in [6.45, 7) is 3.82. The molecule has 8 heteroatoms. The number of benzene rings is 2. The monoisotopic (exact) mass is 403 g/mol. The lowest BCUT2D eigenvalue weighted by Gasteiger charge is -2.36. The van der Waals surface area contributed by atoms with Gasteiger partial charge in [-0.2, -0.15) is 0 Å². The fourth-order valence-electron chi connectivity index (χ4n) is 3.03. The van der Waals surface area contributed by atoms with E-state index in [1.54, 1.807) is 12.1 Å². The fourth-order valence-corrected chi connectivity index (χ4v) is 3.15. The summed E-state index contributed by atoms with van der Waals surface area (Å²) in [7, 11) is 0. The first-order valence-corrected chi connectivity index (χ1v) is 9.50. The second-order valence-electron chi connectivity index (χ2n) is 6.43. The maximum atomic E-state index is 13.6. The van der Waals surface area contributed by atoms with Crippen molar-refractivity contribution in [2.24, 2.45) is 10.7 Å². The molecule has 148 valence electrons. The molecule has 3 rings (SSSR count). The second kappa shape index (κ2) is 9.41. The van der Waals surface area contributed by atoms with Crippen LogP contribution in [0, 0.1) is 5.82 Å². The zero-order valence-corrected chi connectivity index (χ0v) is 16.2. The lowest BCUT2D eigenvalue weighted by molar-refractivity contribution is 0.0950. The van der Waals surface area contributed by atoms with Gasteiger partial charge in [0.05, 0.1) is 12.1 Å². The molecule has 2 aromatic rings. The Kier molecular flexibility index (Phi) is 6.71. The minimum Gasteiger partial charge on any atom is -0.370 e. The Hall–Kier alpha value is -2.80. The number of piperazine rings is 1. The molecule has 2 aromatic carbocycles. The van der Waals surface area contributed by atoms with Gasteiger partial charge in [0.25, 0.3) is 5.91 Å². The summed E-state index contributed by atoms with van der Waals surface area (Å²) >= 11 is 5.93. The highest BCUT2D eigenvalue weighted by atomic mass is 35.5. The Balaban J connectivity index is 1.43. The zero-order chi connectivity index (χ0) is 19.9. The molecule has 0 saturated carbocycles. The van der Waals surface area contributed by atoms with Crippen LogP contribution in [0.1, 0.15) is 10.4 Å². The number of carbonyl (C=O) groups excluding carboxylic acids is 1. The maximum Gasteiger partial charge on any atom is 0.254 e. The van der Waals surface area contributed by atoms with E-state index in [2.05, 4.69) is 15.2 Å². The highest BCUT2D eigenvalue weighted by molar-refractivity contribution is 6.30. The largest absolute Gasteiger partial charge is 0.370 e. The molecule has 3 N–H and O–H groups in total. The number of nitrogens with one attached hydrogen (secondary N) is 1. The van der Waals surface area contributed by atoms with Crippen molar-refractivity contribution in [2.45, 2.75) is 0 Å². The number of halogens is 2. The van der Waals surface area contributed by atoms with E-state index < -0.39 is 11.7 Å². The number of anilines is 1. The van der Waals surface area contributed by atoms with Gasteiger partial charge in [-0.3, -0.25) is 9.79 Å². The molecule has 0 aromatic heterocycles. The van der Waals surface area contributed by atoms with Crippen LogP contribution in [0.2, 0.25) is 5.02 Å². The van der Waals surface area contributed by atoms with Crippen LogP contribution in [-0.4, -0.2) is 56.0 Å². The highest BCUT2D eigenvalue weighted by Crippen LogP contribution is 2.19. The Morgan fingerprint density at radius 3 is 2.46 bits per heavy atom. The van der Waals surface area contributed by atoms with Crippen molar-refractivity contribution in [3.63, 3.8) is 0 Å². The zero-order valence-electron chi connectivity index (χ0n) is 15.4. The van der Waals surface area contributed by atoms with Gasteiger partial charge in [-0.25, -0.2) is 4.39 Å². The van der Waals surface area contributed by atoms with Gasteiger partial charge in [-0.1, -0.05) is 23.7 Å². The highest BCUT2D eigenvalue weighted by Gasteiger charge is 2.18. The molecular weight excluding hydrogens is 381 g/mol. The van der Waals surface area contributed by atoms with E-state index >= 15 is 0 Å². The number of rotatable bonds is 5. The van der Waals surface area contributed by atoms with Crippen molar-refractivity contribution < 1.29 is 9.18 Å². The summed E-state index contributed by atoms with van der Waals surface area (Å²) in [5, 5.41) is 3.38. The summed E-state index contributed by atoms with van der Waals surface area (Å²) in [5.41, 5.74) is 7.23. The lowest BCUT2D eigenvalue weighted by Crippen LogP contribution is -2.51. The smallest absolute Gasteiger partial charge is 0.254 e. The van der Waals surface area contributed by atoms with E-state index in [0.717, 1.165) is 36.9 Å². The number of guanidine groups is 1. The topological polar surface area (TPSA) is 74.0 Å². The van der Waals surface area contributed by atoms with Crippen LogP contribution in [-0.2, 0) is 0 Å². The van der Waals surface area contributed by atoms with E-state index in [1.807, 2.05) is 29.2 Å². The van der Waals surface area contributed by atoms with Gasteiger partial charge in [0.1, 0.15) is 5.82 Å². The number of nitrogens with zero attached hydrogens (tertiary/aromatic N) is 3. The standard InChI is InChI=1S/C20H23ClFN5O/c21-15-5-7-16(8-6-15)26-11-13-27(14-12-26)20(23)25-10-9-24-19(28)17-3-1-2-4-18(17)22/h1-8H,9-14H2,(H2,23,25)(H,24,28). The van der Waals surface area contributed by atoms with Crippen molar-refractivity contribution in [3.05, 3.63) is 64.9 Å². The number of nitrogens with two attached hydrogens (primary N) is 1. The second-order valence-corrected chi connectivity index (χ2v) is 6.86.